The first-order chi connectivity index (χ1) is 18.8. The molecule has 0 aromatic heterocycles. The monoisotopic (exact) mass is 570 g/mol. The quantitative estimate of drug-likeness (QED) is 0.255. The summed E-state index contributed by atoms with van der Waals surface area (Å²) < 4.78 is 10.7. The van der Waals surface area contributed by atoms with E-state index in [0.717, 1.165) is 17.5 Å². The molecule has 0 aliphatic carbocycles. The second-order valence-corrected chi connectivity index (χ2v) is 10.2. The predicted octanol–water partition coefficient (Wildman–Crippen LogP) is 6.50. The van der Waals surface area contributed by atoms with Gasteiger partial charge in [0.25, 0.3) is 0 Å². The Morgan fingerprint density at radius 2 is 1.56 bits per heavy atom. The fourth-order valence-electron chi connectivity index (χ4n) is 4.28. The second kappa shape index (κ2) is 14.8. The number of carbonyl (C=O) groups is 2. The van der Waals surface area contributed by atoms with E-state index in [1.54, 1.807) is 37.3 Å². The van der Waals surface area contributed by atoms with Crippen molar-refractivity contribution >= 4 is 35.0 Å². The lowest BCUT2D eigenvalue weighted by molar-refractivity contribution is -0.141. The number of hydrogen-bond donors (Lipinski definition) is 1. The number of benzene rings is 3. The van der Waals surface area contributed by atoms with E-state index in [1.807, 2.05) is 62.4 Å². The van der Waals surface area contributed by atoms with Crippen LogP contribution in [-0.4, -0.2) is 43.0 Å². The molecule has 0 radical (unpaired) electrons. The van der Waals surface area contributed by atoms with E-state index in [9.17, 15) is 9.59 Å². The van der Waals surface area contributed by atoms with Gasteiger partial charge in [0, 0.05) is 41.0 Å². The Hall–Kier alpha value is -3.22. The Balaban J connectivity index is 1.96. The van der Waals surface area contributed by atoms with Gasteiger partial charge in [-0.1, -0.05) is 72.6 Å². The molecule has 6 nitrogen and oxygen atoms in total. The maximum Gasteiger partial charge on any atom is 0.243 e. The van der Waals surface area contributed by atoms with Gasteiger partial charge in [-0.2, -0.15) is 0 Å². The zero-order valence-electron chi connectivity index (χ0n) is 22.9. The van der Waals surface area contributed by atoms with E-state index < -0.39 is 6.04 Å². The zero-order valence-corrected chi connectivity index (χ0v) is 24.4. The summed E-state index contributed by atoms with van der Waals surface area (Å²) in [7, 11) is 3.15. The van der Waals surface area contributed by atoms with Crippen LogP contribution in [0.2, 0.25) is 10.0 Å². The molecule has 8 heteroatoms. The Kier molecular flexibility index (Phi) is 11.5. The van der Waals surface area contributed by atoms with Gasteiger partial charge in [-0.3, -0.25) is 9.59 Å². The van der Waals surface area contributed by atoms with E-state index >= 15 is 0 Å². The summed E-state index contributed by atoms with van der Waals surface area (Å²) >= 11 is 13.0. The van der Waals surface area contributed by atoms with Crippen molar-refractivity contribution in [2.75, 3.05) is 14.2 Å². The van der Waals surface area contributed by atoms with Gasteiger partial charge in [-0.25, -0.2) is 0 Å². The van der Waals surface area contributed by atoms with Crippen LogP contribution in [-0.2, 0) is 29.0 Å². The Bertz CT molecular complexity index is 1230. The third-order valence-electron chi connectivity index (χ3n) is 6.74. The summed E-state index contributed by atoms with van der Waals surface area (Å²) in [5.41, 5.74) is 2.47. The number of methoxy groups -OCH3 is 2. The lowest BCUT2D eigenvalue weighted by atomic mass is 10.0. The van der Waals surface area contributed by atoms with Gasteiger partial charge in [0.15, 0.2) is 11.5 Å². The third kappa shape index (κ3) is 8.38. The van der Waals surface area contributed by atoms with Crippen LogP contribution in [0.3, 0.4) is 0 Å². The molecule has 208 valence electrons. The Labute approximate surface area is 241 Å². The molecule has 0 fully saturated rings. The van der Waals surface area contributed by atoms with Crippen LogP contribution in [0, 0.1) is 0 Å². The number of amides is 2. The molecule has 2 atom stereocenters. The minimum atomic E-state index is -0.758. The van der Waals surface area contributed by atoms with Crippen LogP contribution in [0.25, 0.3) is 0 Å². The summed E-state index contributed by atoms with van der Waals surface area (Å²) in [6.45, 7) is 4.06. The molecular formula is C31H36Cl2N2O4. The number of rotatable bonds is 13. The molecule has 3 aromatic carbocycles. The first-order valence-corrected chi connectivity index (χ1v) is 13.8. The van der Waals surface area contributed by atoms with E-state index in [-0.39, 0.29) is 30.8 Å². The molecule has 0 aliphatic heterocycles. The molecule has 39 heavy (non-hydrogen) atoms. The summed E-state index contributed by atoms with van der Waals surface area (Å²) in [4.78, 5) is 29.2. The largest absolute Gasteiger partial charge is 0.493 e. The van der Waals surface area contributed by atoms with Gasteiger partial charge in [-0.15, -0.1) is 0 Å². The van der Waals surface area contributed by atoms with Gasteiger partial charge in [-0.05, 0) is 55.2 Å². The van der Waals surface area contributed by atoms with Gasteiger partial charge in [0.1, 0.15) is 6.04 Å². The molecule has 0 bridgehead atoms. The predicted molar refractivity (Wildman–Crippen MR) is 157 cm³/mol. The van der Waals surface area contributed by atoms with E-state index in [4.69, 9.17) is 32.7 Å². The van der Waals surface area contributed by atoms with Gasteiger partial charge in [0.2, 0.25) is 11.8 Å². The third-order valence-corrected chi connectivity index (χ3v) is 7.45. The van der Waals surface area contributed by atoms with Crippen LogP contribution in [0.4, 0.5) is 0 Å². The zero-order chi connectivity index (χ0) is 28.4. The molecule has 3 rings (SSSR count). The molecule has 0 aliphatic rings. The van der Waals surface area contributed by atoms with Crippen LogP contribution in [0.5, 0.6) is 11.5 Å². The molecule has 0 saturated carbocycles. The second-order valence-electron chi connectivity index (χ2n) is 9.43. The fraction of sp³-hybridized carbons (Fsp3) is 0.355. The lowest BCUT2D eigenvalue weighted by Gasteiger charge is -2.33. The van der Waals surface area contributed by atoms with Crippen LogP contribution in [0.15, 0.2) is 66.7 Å². The highest BCUT2D eigenvalue weighted by Gasteiger charge is 2.31. The van der Waals surface area contributed by atoms with E-state index in [0.29, 0.717) is 39.9 Å². The Morgan fingerprint density at radius 3 is 2.18 bits per heavy atom. The number of nitrogens with one attached hydrogen (secondary N) is 1. The number of nitrogens with zero attached hydrogens (tertiary/aromatic N) is 1. The van der Waals surface area contributed by atoms with Crippen LogP contribution < -0.4 is 14.8 Å². The molecule has 0 heterocycles. The van der Waals surface area contributed by atoms with Crippen molar-refractivity contribution in [2.24, 2.45) is 0 Å². The van der Waals surface area contributed by atoms with E-state index in [1.165, 1.54) is 0 Å². The standard InChI is InChI=1S/C31H36Cl2N2O4/c1-5-21(2)34-31(37)27(18-22-10-7-6-8-11-22)35(20-24-25(32)12-9-13-26(24)33)30(36)17-15-23-14-16-28(38-3)29(19-23)39-4/h6-14,16,19,21,27H,5,15,17-18,20H2,1-4H3,(H,34,37)/t21-,27-/m0/s1. The van der Waals surface area contributed by atoms with E-state index in [2.05, 4.69) is 5.32 Å². The number of hydrogen-bond acceptors (Lipinski definition) is 4. The van der Waals surface area contributed by atoms with Crippen molar-refractivity contribution in [1.82, 2.24) is 10.2 Å². The first kappa shape index (κ1) is 30.3. The highest BCUT2D eigenvalue weighted by Crippen LogP contribution is 2.30. The van der Waals surface area contributed by atoms with Crippen molar-refractivity contribution in [3.8, 4) is 11.5 Å². The molecule has 1 N–H and O–H groups in total. The molecule has 0 unspecified atom stereocenters. The number of halogens is 2. The SMILES string of the molecule is CC[C@H](C)NC(=O)[C@H](Cc1ccccc1)N(Cc1c(Cl)cccc1Cl)C(=O)CCc1ccc(OC)c(OC)c1. The summed E-state index contributed by atoms with van der Waals surface area (Å²) in [5, 5.41) is 3.96. The molecule has 0 spiro atoms. The molecule has 3 aromatic rings. The van der Waals surface area contributed by atoms with Gasteiger partial charge in [0.05, 0.1) is 14.2 Å². The highest BCUT2D eigenvalue weighted by molar-refractivity contribution is 6.36. The topological polar surface area (TPSA) is 67.9 Å². The average Bonchev–Trinajstić information content (AvgIpc) is 2.95. The smallest absolute Gasteiger partial charge is 0.243 e. The van der Waals surface area contributed by atoms with Crippen molar-refractivity contribution < 1.29 is 19.1 Å². The normalized spacial score (nSPS) is 12.4. The average molecular weight is 572 g/mol. The maximum absolute atomic E-state index is 13.9. The molecule has 2 amide bonds. The minimum Gasteiger partial charge on any atom is -0.493 e. The molecule has 0 saturated heterocycles. The fourth-order valence-corrected chi connectivity index (χ4v) is 4.80. The summed E-state index contributed by atoms with van der Waals surface area (Å²) in [5.74, 6) is 0.820. The first-order valence-electron chi connectivity index (χ1n) is 13.0. The van der Waals surface area contributed by atoms with Gasteiger partial charge >= 0.3 is 0 Å². The van der Waals surface area contributed by atoms with Crippen LogP contribution in [0.1, 0.15) is 43.4 Å². The number of carbonyl (C=O) groups excluding carboxylic acids is 2. The number of aryl methyl sites for hydroxylation is 1. The highest BCUT2D eigenvalue weighted by atomic mass is 35.5. The minimum absolute atomic E-state index is 0.0385. The van der Waals surface area contributed by atoms with Gasteiger partial charge < -0.3 is 19.7 Å². The summed E-state index contributed by atoms with van der Waals surface area (Å²) in [6, 6.07) is 19.7. The van der Waals surface area contributed by atoms with Crippen molar-refractivity contribution in [2.45, 2.75) is 58.2 Å². The van der Waals surface area contributed by atoms with Crippen molar-refractivity contribution in [1.29, 1.82) is 0 Å². The summed E-state index contributed by atoms with van der Waals surface area (Å²) in [6.07, 6.45) is 1.76. The van der Waals surface area contributed by atoms with Crippen molar-refractivity contribution in [3.63, 3.8) is 0 Å². The maximum atomic E-state index is 13.9. The molecular weight excluding hydrogens is 535 g/mol. The number of ether oxygens (including phenoxy) is 2. The van der Waals surface area contributed by atoms with Crippen molar-refractivity contribution in [3.05, 3.63) is 93.5 Å². The van der Waals surface area contributed by atoms with Crippen LogP contribution >= 0.6 is 23.2 Å². The Morgan fingerprint density at radius 1 is 0.897 bits per heavy atom. The lowest BCUT2D eigenvalue weighted by Crippen LogP contribution is -2.52.